The van der Waals surface area contributed by atoms with Crippen LogP contribution in [0.25, 0.3) is 0 Å². The highest BCUT2D eigenvalue weighted by molar-refractivity contribution is 9.10. The Kier molecular flexibility index (Phi) is 3.33. The van der Waals surface area contributed by atoms with Crippen LogP contribution in [0.1, 0.15) is 15.9 Å². The molecule has 2 rings (SSSR count). The first kappa shape index (κ1) is 11.9. The second-order valence-electron chi connectivity index (χ2n) is 3.98. The summed E-state index contributed by atoms with van der Waals surface area (Å²) in [5.41, 5.74) is 2.59. The zero-order chi connectivity index (χ0) is 12.4. The molecule has 2 aromatic rings. The second kappa shape index (κ2) is 4.75. The van der Waals surface area contributed by atoms with Crippen LogP contribution in [-0.2, 0) is 7.05 Å². The third kappa shape index (κ3) is 2.77. The molecule has 1 aromatic carbocycles. The Balaban J connectivity index is 2.15. The van der Waals surface area contributed by atoms with Crippen LogP contribution in [0.15, 0.2) is 41.1 Å². The van der Waals surface area contributed by atoms with Gasteiger partial charge in [-0.1, -0.05) is 22.0 Å². The summed E-state index contributed by atoms with van der Waals surface area (Å²) in [5, 5.41) is 2.86. The molecule has 1 aromatic heterocycles. The Morgan fingerprint density at radius 1 is 1.35 bits per heavy atom. The van der Waals surface area contributed by atoms with E-state index in [-0.39, 0.29) is 5.91 Å². The van der Waals surface area contributed by atoms with Gasteiger partial charge in [0.2, 0.25) is 0 Å². The summed E-state index contributed by atoms with van der Waals surface area (Å²) >= 11 is 3.44. The maximum absolute atomic E-state index is 11.9. The van der Waals surface area contributed by atoms with E-state index in [0.717, 1.165) is 15.7 Å². The number of nitrogens with one attached hydrogen (secondary N) is 1. The number of aryl methyl sites for hydroxylation is 2. The molecule has 0 aliphatic carbocycles. The lowest BCUT2D eigenvalue weighted by atomic mass is 10.2. The number of hydrogen-bond donors (Lipinski definition) is 1. The van der Waals surface area contributed by atoms with Gasteiger partial charge in [-0.2, -0.15) is 0 Å². The van der Waals surface area contributed by atoms with Gasteiger partial charge in [0.05, 0.1) is 5.56 Å². The van der Waals surface area contributed by atoms with Crippen molar-refractivity contribution in [3.63, 3.8) is 0 Å². The minimum atomic E-state index is -0.0960. The number of hydrogen-bond acceptors (Lipinski definition) is 1. The summed E-state index contributed by atoms with van der Waals surface area (Å²) in [6.07, 6.45) is 3.64. The van der Waals surface area contributed by atoms with Gasteiger partial charge in [-0.25, -0.2) is 0 Å². The molecule has 0 saturated heterocycles. The van der Waals surface area contributed by atoms with Crippen LogP contribution >= 0.6 is 15.9 Å². The molecule has 3 nitrogen and oxygen atoms in total. The molecule has 0 aliphatic heterocycles. The fourth-order valence-corrected chi connectivity index (χ4v) is 1.89. The molecule has 17 heavy (non-hydrogen) atoms. The Labute approximate surface area is 109 Å². The van der Waals surface area contributed by atoms with Crippen LogP contribution in [0.4, 0.5) is 5.69 Å². The quantitative estimate of drug-likeness (QED) is 0.905. The van der Waals surface area contributed by atoms with Crippen LogP contribution in [0.3, 0.4) is 0 Å². The smallest absolute Gasteiger partial charge is 0.257 e. The highest BCUT2D eigenvalue weighted by Crippen LogP contribution is 2.21. The molecular formula is C13H13BrN2O. The number of carbonyl (C=O) groups is 1. The maximum atomic E-state index is 11.9. The molecule has 0 unspecified atom stereocenters. The summed E-state index contributed by atoms with van der Waals surface area (Å²) in [5.74, 6) is -0.0960. The number of amides is 1. The van der Waals surface area contributed by atoms with Gasteiger partial charge in [0.15, 0.2) is 0 Å². The molecule has 0 saturated carbocycles. The van der Waals surface area contributed by atoms with Crippen molar-refractivity contribution in [2.45, 2.75) is 6.92 Å². The molecule has 1 amide bonds. The second-order valence-corrected chi connectivity index (χ2v) is 4.84. The van der Waals surface area contributed by atoms with E-state index in [9.17, 15) is 4.79 Å². The highest BCUT2D eigenvalue weighted by Gasteiger charge is 2.07. The molecule has 1 N–H and O–H groups in total. The number of benzene rings is 1. The number of nitrogens with zero attached hydrogens (tertiary/aromatic N) is 1. The minimum absolute atomic E-state index is 0.0960. The average Bonchev–Trinajstić information content (AvgIpc) is 2.70. The van der Waals surface area contributed by atoms with Gasteiger partial charge >= 0.3 is 0 Å². The van der Waals surface area contributed by atoms with Crippen LogP contribution in [0.2, 0.25) is 0 Å². The van der Waals surface area contributed by atoms with Crippen molar-refractivity contribution in [1.29, 1.82) is 0 Å². The van der Waals surface area contributed by atoms with E-state index >= 15 is 0 Å². The van der Waals surface area contributed by atoms with Crippen molar-refractivity contribution in [2.24, 2.45) is 7.05 Å². The van der Waals surface area contributed by atoms with E-state index in [1.807, 2.05) is 42.9 Å². The number of aromatic nitrogens is 1. The van der Waals surface area contributed by atoms with E-state index in [4.69, 9.17) is 0 Å². The summed E-state index contributed by atoms with van der Waals surface area (Å²) < 4.78 is 2.84. The van der Waals surface area contributed by atoms with Gasteiger partial charge in [0, 0.05) is 29.6 Å². The van der Waals surface area contributed by atoms with E-state index < -0.39 is 0 Å². The van der Waals surface area contributed by atoms with E-state index in [0.29, 0.717) is 5.56 Å². The molecule has 0 radical (unpaired) electrons. The van der Waals surface area contributed by atoms with Gasteiger partial charge in [-0.05, 0) is 30.7 Å². The largest absolute Gasteiger partial charge is 0.356 e. The van der Waals surface area contributed by atoms with E-state index in [1.165, 1.54) is 0 Å². The fraction of sp³-hybridized carbons (Fsp3) is 0.154. The van der Waals surface area contributed by atoms with Crippen molar-refractivity contribution in [2.75, 3.05) is 5.32 Å². The summed E-state index contributed by atoms with van der Waals surface area (Å²) in [4.78, 5) is 11.9. The van der Waals surface area contributed by atoms with Gasteiger partial charge < -0.3 is 9.88 Å². The van der Waals surface area contributed by atoms with Crippen LogP contribution in [0, 0.1) is 6.92 Å². The normalized spacial score (nSPS) is 10.3. The molecule has 4 heteroatoms. The Bertz CT molecular complexity index is 560. The first-order valence-corrected chi connectivity index (χ1v) is 6.05. The topological polar surface area (TPSA) is 34.0 Å². The van der Waals surface area contributed by atoms with Gasteiger partial charge in [-0.15, -0.1) is 0 Å². The number of anilines is 1. The number of rotatable bonds is 2. The van der Waals surface area contributed by atoms with Crippen molar-refractivity contribution >= 4 is 27.5 Å². The Morgan fingerprint density at radius 2 is 2.12 bits per heavy atom. The monoisotopic (exact) mass is 292 g/mol. The molecule has 0 aliphatic rings. The minimum Gasteiger partial charge on any atom is -0.356 e. The predicted molar refractivity (Wildman–Crippen MR) is 72.2 cm³/mol. The van der Waals surface area contributed by atoms with Gasteiger partial charge in [0.25, 0.3) is 5.91 Å². The summed E-state index contributed by atoms with van der Waals surface area (Å²) in [6, 6.07) is 7.54. The molecule has 0 spiro atoms. The lowest BCUT2D eigenvalue weighted by Gasteiger charge is -2.05. The Hall–Kier alpha value is -1.55. The predicted octanol–water partition coefficient (Wildman–Crippen LogP) is 3.35. The van der Waals surface area contributed by atoms with Crippen molar-refractivity contribution in [3.8, 4) is 0 Å². The zero-order valence-electron chi connectivity index (χ0n) is 9.70. The molecule has 1 heterocycles. The molecular weight excluding hydrogens is 280 g/mol. The fourth-order valence-electron chi connectivity index (χ4n) is 1.51. The standard InChI is InChI=1S/C13H13BrN2O/c1-9-3-4-11(7-12(9)14)15-13(17)10-5-6-16(2)8-10/h3-8H,1-2H3,(H,15,17). The van der Waals surface area contributed by atoms with Crippen molar-refractivity contribution in [1.82, 2.24) is 4.57 Å². The van der Waals surface area contributed by atoms with Crippen LogP contribution in [0.5, 0.6) is 0 Å². The summed E-state index contributed by atoms with van der Waals surface area (Å²) in [6.45, 7) is 2.01. The van der Waals surface area contributed by atoms with Crippen LogP contribution < -0.4 is 5.32 Å². The maximum Gasteiger partial charge on any atom is 0.257 e. The lowest BCUT2D eigenvalue weighted by molar-refractivity contribution is 0.102. The first-order valence-electron chi connectivity index (χ1n) is 5.26. The van der Waals surface area contributed by atoms with E-state index in [1.54, 1.807) is 12.3 Å². The molecule has 88 valence electrons. The molecule has 0 fully saturated rings. The number of carbonyl (C=O) groups excluding carboxylic acids is 1. The van der Waals surface area contributed by atoms with Crippen LogP contribution in [-0.4, -0.2) is 10.5 Å². The SMILES string of the molecule is Cc1ccc(NC(=O)c2ccn(C)c2)cc1Br. The third-order valence-corrected chi connectivity index (χ3v) is 3.38. The highest BCUT2D eigenvalue weighted by atomic mass is 79.9. The lowest BCUT2D eigenvalue weighted by Crippen LogP contribution is -2.11. The molecule has 0 bridgehead atoms. The molecule has 0 atom stereocenters. The van der Waals surface area contributed by atoms with Crippen molar-refractivity contribution in [3.05, 3.63) is 52.3 Å². The van der Waals surface area contributed by atoms with Gasteiger partial charge in [-0.3, -0.25) is 4.79 Å². The number of halogens is 1. The Morgan fingerprint density at radius 3 is 2.71 bits per heavy atom. The van der Waals surface area contributed by atoms with E-state index in [2.05, 4.69) is 21.2 Å². The zero-order valence-corrected chi connectivity index (χ0v) is 11.3. The average molecular weight is 293 g/mol. The van der Waals surface area contributed by atoms with Crippen molar-refractivity contribution < 1.29 is 4.79 Å². The third-order valence-electron chi connectivity index (χ3n) is 2.52. The van der Waals surface area contributed by atoms with Gasteiger partial charge in [0.1, 0.15) is 0 Å². The summed E-state index contributed by atoms with van der Waals surface area (Å²) in [7, 11) is 1.89. The first-order chi connectivity index (χ1) is 8.06.